The first-order valence-corrected chi connectivity index (χ1v) is 9.60. The smallest absolute Gasteiger partial charge is 0.281 e. The van der Waals surface area contributed by atoms with Crippen LogP contribution in [-0.4, -0.2) is 87.2 Å². The van der Waals surface area contributed by atoms with Gasteiger partial charge in [-0.05, 0) is 12.1 Å². The number of nitrogens with one attached hydrogen (secondary N) is 1. The molecule has 1 fully saturated rings. The number of ether oxygens (including phenoxy) is 1. The Morgan fingerprint density at radius 2 is 1.73 bits per heavy atom. The summed E-state index contributed by atoms with van der Waals surface area (Å²) in [4.78, 5) is 25.5. The highest BCUT2D eigenvalue weighted by atomic mass is 32.2. The number of hydrogen-bond acceptors (Lipinski definition) is 5. The maximum absolute atomic E-state index is 12.2. The summed E-state index contributed by atoms with van der Waals surface area (Å²) in [5, 5.41) is 2.51. The van der Waals surface area contributed by atoms with Crippen molar-refractivity contribution in [3.8, 4) is 5.75 Å². The molecule has 0 aliphatic carbocycles. The second-order valence-electron chi connectivity index (χ2n) is 5.95. The van der Waals surface area contributed by atoms with Gasteiger partial charge in [0.2, 0.25) is 5.91 Å². The number of rotatable bonds is 7. The third kappa shape index (κ3) is 5.41. The lowest BCUT2D eigenvalue weighted by Gasteiger charge is -2.35. The Hall–Kier alpha value is -2.17. The van der Waals surface area contributed by atoms with Gasteiger partial charge in [0.1, 0.15) is 5.75 Å². The molecule has 10 heteroatoms. The van der Waals surface area contributed by atoms with Crippen molar-refractivity contribution < 1.29 is 22.7 Å². The van der Waals surface area contributed by atoms with Crippen molar-refractivity contribution in [1.29, 1.82) is 0 Å². The fourth-order valence-corrected chi connectivity index (χ4v) is 3.49. The van der Waals surface area contributed by atoms with E-state index in [4.69, 9.17) is 4.74 Å². The van der Waals surface area contributed by atoms with Crippen LogP contribution in [-0.2, 0) is 19.8 Å². The molecule has 26 heavy (non-hydrogen) atoms. The average molecular weight is 384 g/mol. The van der Waals surface area contributed by atoms with Gasteiger partial charge in [0.25, 0.3) is 16.1 Å². The number of carbonyl (C=O) groups is 2. The van der Waals surface area contributed by atoms with Crippen molar-refractivity contribution in [3.05, 3.63) is 30.3 Å². The highest BCUT2D eigenvalue weighted by Crippen LogP contribution is 2.10. The van der Waals surface area contributed by atoms with E-state index in [2.05, 4.69) is 5.32 Å². The van der Waals surface area contributed by atoms with Gasteiger partial charge in [-0.1, -0.05) is 18.2 Å². The Labute approximate surface area is 153 Å². The second-order valence-corrected chi connectivity index (χ2v) is 8.09. The van der Waals surface area contributed by atoms with E-state index in [1.54, 1.807) is 29.2 Å². The molecule has 1 N–H and O–H groups in total. The molecular formula is C16H24N4O5S. The van der Waals surface area contributed by atoms with Crippen LogP contribution in [0.25, 0.3) is 0 Å². The predicted octanol–water partition coefficient (Wildman–Crippen LogP) is -0.868. The summed E-state index contributed by atoms with van der Waals surface area (Å²) in [6.45, 7) is 0.739. The molecule has 0 atom stereocenters. The van der Waals surface area contributed by atoms with Crippen LogP contribution in [0.15, 0.2) is 30.3 Å². The quantitative estimate of drug-likeness (QED) is 0.659. The Kier molecular flexibility index (Phi) is 6.95. The minimum atomic E-state index is -3.47. The van der Waals surface area contributed by atoms with Crippen LogP contribution in [0.3, 0.4) is 0 Å². The van der Waals surface area contributed by atoms with Crippen molar-refractivity contribution in [1.82, 2.24) is 18.8 Å². The third-order valence-electron chi connectivity index (χ3n) is 3.93. The van der Waals surface area contributed by atoms with Crippen LogP contribution in [0.1, 0.15) is 0 Å². The Bertz CT molecular complexity index is 715. The predicted molar refractivity (Wildman–Crippen MR) is 95.7 cm³/mol. The number of para-hydroxylation sites is 1. The van der Waals surface area contributed by atoms with E-state index in [1.807, 2.05) is 6.07 Å². The summed E-state index contributed by atoms with van der Waals surface area (Å²) >= 11 is 0. The number of piperazine rings is 1. The number of nitrogens with zero attached hydrogens (tertiary/aromatic N) is 3. The Morgan fingerprint density at radius 1 is 1.12 bits per heavy atom. The van der Waals surface area contributed by atoms with Crippen molar-refractivity contribution in [2.24, 2.45) is 0 Å². The zero-order valence-electron chi connectivity index (χ0n) is 14.9. The fraction of sp³-hybridized carbons (Fsp3) is 0.500. The molecule has 0 spiro atoms. The van der Waals surface area contributed by atoms with Crippen LogP contribution in [0.2, 0.25) is 0 Å². The zero-order chi connectivity index (χ0) is 19.2. The number of hydrogen-bond donors (Lipinski definition) is 1. The standard InChI is InChI=1S/C16H24N4O5S/c1-18(2)26(23,24)20-10-8-19(9-11-20)16(22)12-17-15(21)13-25-14-6-4-3-5-7-14/h3-7H,8-13H2,1-2H3,(H,17,21). The van der Waals surface area contributed by atoms with Crippen LogP contribution in [0.4, 0.5) is 0 Å². The van der Waals surface area contributed by atoms with E-state index in [-0.39, 0.29) is 32.1 Å². The number of carbonyl (C=O) groups excluding carboxylic acids is 2. The molecule has 2 rings (SSSR count). The summed E-state index contributed by atoms with van der Waals surface area (Å²) in [5.74, 6) is -0.0665. The summed E-state index contributed by atoms with van der Waals surface area (Å²) in [7, 11) is -0.522. The molecule has 1 aliphatic rings. The molecule has 1 saturated heterocycles. The summed E-state index contributed by atoms with van der Waals surface area (Å²) in [5.41, 5.74) is 0. The van der Waals surface area contributed by atoms with Crippen LogP contribution < -0.4 is 10.1 Å². The zero-order valence-corrected chi connectivity index (χ0v) is 15.7. The molecule has 0 aromatic heterocycles. The SMILES string of the molecule is CN(C)S(=O)(=O)N1CCN(C(=O)CNC(=O)COc2ccccc2)CC1. The largest absolute Gasteiger partial charge is 0.484 e. The number of amides is 2. The monoisotopic (exact) mass is 384 g/mol. The van der Waals surface area contributed by atoms with Gasteiger partial charge >= 0.3 is 0 Å². The molecular weight excluding hydrogens is 360 g/mol. The van der Waals surface area contributed by atoms with Gasteiger partial charge in [0, 0.05) is 40.3 Å². The van der Waals surface area contributed by atoms with Crippen LogP contribution >= 0.6 is 0 Å². The Morgan fingerprint density at radius 3 is 2.31 bits per heavy atom. The number of benzene rings is 1. The topological polar surface area (TPSA) is 99.3 Å². The van der Waals surface area contributed by atoms with E-state index >= 15 is 0 Å². The lowest BCUT2D eigenvalue weighted by molar-refractivity contribution is -0.134. The molecule has 144 valence electrons. The van der Waals surface area contributed by atoms with Gasteiger partial charge in [-0.2, -0.15) is 17.0 Å². The van der Waals surface area contributed by atoms with Gasteiger partial charge in [0.05, 0.1) is 6.54 Å². The summed E-state index contributed by atoms with van der Waals surface area (Å²) < 4.78 is 31.9. The molecule has 0 saturated carbocycles. The van der Waals surface area contributed by atoms with Crippen molar-refractivity contribution in [3.63, 3.8) is 0 Å². The van der Waals surface area contributed by atoms with Gasteiger partial charge in [-0.15, -0.1) is 0 Å². The first-order chi connectivity index (χ1) is 12.3. The molecule has 1 aromatic rings. The summed E-state index contributed by atoms with van der Waals surface area (Å²) in [6.07, 6.45) is 0. The highest BCUT2D eigenvalue weighted by Gasteiger charge is 2.30. The highest BCUT2D eigenvalue weighted by molar-refractivity contribution is 7.86. The molecule has 0 unspecified atom stereocenters. The molecule has 9 nitrogen and oxygen atoms in total. The van der Waals surface area contributed by atoms with E-state index in [0.29, 0.717) is 18.8 Å². The van der Waals surface area contributed by atoms with Crippen LogP contribution in [0, 0.1) is 0 Å². The molecule has 0 radical (unpaired) electrons. The third-order valence-corrected chi connectivity index (χ3v) is 5.87. The molecule has 2 amide bonds. The van der Waals surface area contributed by atoms with Gasteiger partial charge in [0.15, 0.2) is 6.61 Å². The fourth-order valence-electron chi connectivity index (χ4n) is 2.40. The first kappa shape index (κ1) is 20.1. The minimum absolute atomic E-state index is 0.141. The molecule has 1 heterocycles. The molecule has 1 aliphatic heterocycles. The normalized spacial score (nSPS) is 15.7. The average Bonchev–Trinajstić information content (AvgIpc) is 2.65. The van der Waals surface area contributed by atoms with Crippen molar-refractivity contribution in [2.75, 3.05) is 53.4 Å². The van der Waals surface area contributed by atoms with E-state index in [0.717, 1.165) is 4.31 Å². The second kappa shape index (κ2) is 8.97. The first-order valence-electron chi connectivity index (χ1n) is 8.20. The van der Waals surface area contributed by atoms with Crippen LogP contribution in [0.5, 0.6) is 5.75 Å². The molecule has 1 aromatic carbocycles. The summed E-state index contributed by atoms with van der Waals surface area (Å²) in [6, 6.07) is 8.91. The molecule has 0 bridgehead atoms. The van der Waals surface area contributed by atoms with Crippen molar-refractivity contribution >= 4 is 22.0 Å². The van der Waals surface area contributed by atoms with E-state index in [1.165, 1.54) is 18.4 Å². The lowest BCUT2D eigenvalue weighted by Crippen LogP contribution is -2.54. The van der Waals surface area contributed by atoms with Gasteiger partial charge in [-0.25, -0.2) is 0 Å². The van der Waals surface area contributed by atoms with E-state index in [9.17, 15) is 18.0 Å². The lowest BCUT2D eigenvalue weighted by atomic mass is 10.3. The van der Waals surface area contributed by atoms with Gasteiger partial charge in [-0.3, -0.25) is 9.59 Å². The van der Waals surface area contributed by atoms with Crippen molar-refractivity contribution in [2.45, 2.75) is 0 Å². The minimum Gasteiger partial charge on any atom is -0.484 e. The maximum atomic E-state index is 12.2. The Balaban J connectivity index is 1.71. The van der Waals surface area contributed by atoms with E-state index < -0.39 is 16.1 Å². The van der Waals surface area contributed by atoms with Gasteiger partial charge < -0.3 is 15.0 Å². The maximum Gasteiger partial charge on any atom is 0.281 e.